The van der Waals surface area contributed by atoms with Gasteiger partial charge in [-0.3, -0.25) is 4.90 Å². The third-order valence-corrected chi connectivity index (χ3v) is 5.49. The number of nitrogens with one attached hydrogen (secondary N) is 1. The van der Waals surface area contributed by atoms with Crippen LogP contribution in [0.2, 0.25) is 0 Å². The van der Waals surface area contributed by atoms with Gasteiger partial charge in [-0.05, 0) is 25.1 Å². The molecule has 2 aliphatic rings. The van der Waals surface area contributed by atoms with Gasteiger partial charge in [0.25, 0.3) is 0 Å². The van der Waals surface area contributed by atoms with E-state index in [1.807, 2.05) is 12.1 Å². The molecule has 4 rings (SSSR count). The summed E-state index contributed by atoms with van der Waals surface area (Å²) >= 11 is 0. The molecular formula is C21H23F3N4O4. The molecule has 0 spiro atoms. The Kier molecular flexibility index (Phi) is 7.37. The molecule has 2 N–H and O–H groups in total. The number of hydrogen-bond acceptors (Lipinski definition) is 6. The molecule has 0 radical (unpaired) electrons. The van der Waals surface area contributed by atoms with E-state index in [2.05, 4.69) is 27.9 Å². The van der Waals surface area contributed by atoms with Crippen LogP contribution in [-0.2, 0) is 16.1 Å². The van der Waals surface area contributed by atoms with E-state index in [1.54, 1.807) is 18.5 Å². The third-order valence-electron chi connectivity index (χ3n) is 5.49. The number of fused-ring (bicyclic) bond motifs is 1. The number of aromatic nitrogens is 2. The quantitative estimate of drug-likeness (QED) is 0.718. The predicted molar refractivity (Wildman–Crippen MR) is 106 cm³/mol. The maximum Gasteiger partial charge on any atom is 0.490 e. The smallest absolute Gasteiger partial charge is 0.490 e. The van der Waals surface area contributed by atoms with Gasteiger partial charge in [-0.25, -0.2) is 9.78 Å². The van der Waals surface area contributed by atoms with E-state index in [0.717, 1.165) is 43.4 Å². The van der Waals surface area contributed by atoms with Crippen molar-refractivity contribution in [1.29, 1.82) is 5.26 Å². The fourth-order valence-electron chi connectivity index (χ4n) is 3.80. The summed E-state index contributed by atoms with van der Waals surface area (Å²) in [5.41, 5.74) is 2.87. The van der Waals surface area contributed by atoms with E-state index in [1.165, 1.54) is 0 Å². The van der Waals surface area contributed by atoms with E-state index >= 15 is 0 Å². The molecule has 3 heterocycles. The minimum absolute atomic E-state index is 0.290. The number of halogens is 3. The Morgan fingerprint density at radius 2 is 2.19 bits per heavy atom. The van der Waals surface area contributed by atoms with E-state index in [4.69, 9.17) is 24.6 Å². The number of ether oxygens (including phenoxy) is 2. The van der Waals surface area contributed by atoms with Crippen LogP contribution in [0, 0.1) is 30.1 Å². The summed E-state index contributed by atoms with van der Waals surface area (Å²) in [6.45, 7) is 6.28. The Hall–Kier alpha value is -3.10. The third kappa shape index (κ3) is 5.99. The highest BCUT2D eigenvalue weighted by Gasteiger charge is 2.44. The van der Waals surface area contributed by atoms with E-state index in [-0.39, 0.29) is 0 Å². The first-order valence-electron chi connectivity index (χ1n) is 9.93. The largest absolute Gasteiger partial charge is 0.493 e. The van der Waals surface area contributed by atoms with Gasteiger partial charge in [0.2, 0.25) is 0 Å². The van der Waals surface area contributed by atoms with E-state index in [9.17, 15) is 13.2 Å². The molecule has 0 amide bonds. The summed E-state index contributed by atoms with van der Waals surface area (Å²) in [5.74, 6) is -1.11. The SMILES string of the molecule is Cc1[nH]cnc1CN1C[C@@H]2[C@@H](COc3cccc(C#N)c3)CO[C@@H]2C1.O=C(O)C(F)(F)F. The molecular weight excluding hydrogens is 429 g/mol. The van der Waals surface area contributed by atoms with Crippen molar-refractivity contribution in [2.45, 2.75) is 25.7 Å². The zero-order valence-electron chi connectivity index (χ0n) is 17.3. The molecule has 2 fully saturated rings. The first-order chi connectivity index (χ1) is 15.2. The highest BCUT2D eigenvalue weighted by molar-refractivity contribution is 5.73. The second kappa shape index (κ2) is 10.0. The molecule has 8 nitrogen and oxygen atoms in total. The van der Waals surface area contributed by atoms with Gasteiger partial charge in [-0.15, -0.1) is 0 Å². The number of alkyl halides is 3. The average Bonchev–Trinajstić information content (AvgIpc) is 3.43. The molecule has 1 aromatic carbocycles. The van der Waals surface area contributed by atoms with Gasteiger partial charge in [-0.1, -0.05) is 6.07 Å². The summed E-state index contributed by atoms with van der Waals surface area (Å²) in [4.78, 5) is 18.8. The van der Waals surface area contributed by atoms with E-state index < -0.39 is 12.1 Å². The Bertz CT molecular complexity index is 972. The van der Waals surface area contributed by atoms with Crippen LogP contribution in [0.5, 0.6) is 5.75 Å². The zero-order chi connectivity index (χ0) is 23.3. The van der Waals surface area contributed by atoms with Gasteiger partial charge < -0.3 is 19.6 Å². The first kappa shape index (κ1) is 23.6. The van der Waals surface area contributed by atoms with Crippen molar-refractivity contribution in [3.8, 4) is 11.8 Å². The second-order valence-corrected chi connectivity index (χ2v) is 7.72. The van der Waals surface area contributed by atoms with Gasteiger partial charge in [0.1, 0.15) is 5.75 Å². The Morgan fingerprint density at radius 1 is 1.44 bits per heavy atom. The molecule has 0 aliphatic carbocycles. The number of aromatic amines is 1. The minimum atomic E-state index is -5.08. The van der Waals surface area contributed by atoms with Crippen LogP contribution >= 0.6 is 0 Å². The lowest BCUT2D eigenvalue weighted by molar-refractivity contribution is -0.192. The predicted octanol–water partition coefficient (Wildman–Crippen LogP) is 2.75. The van der Waals surface area contributed by atoms with Crippen LogP contribution in [0.1, 0.15) is 17.0 Å². The fourth-order valence-corrected chi connectivity index (χ4v) is 3.80. The molecule has 1 aromatic heterocycles. The maximum atomic E-state index is 10.6. The molecule has 2 saturated heterocycles. The lowest BCUT2D eigenvalue weighted by Crippen LogP contribution is -2.26. The Morgan fingerprint density at radius 3 is 2.81 bits per heavy atom. The summed E-state index contributed by atoms with van der Waals surface area (Å²) in [5, 5.41) is 16.1. The number of H-pyrrole nitrogens is 1. The van der Waals surface area contributed by atoms with E-state index in [0.29, 0.717) is 30.1 Å². The number of rotatable bonds is 5. The average molecular weight is 452 g/mol. The van der Waals surface area contributed by atoms with Crippen molar-refractivity contribution in [2.24, 2.45) is 11.8 Å². The van der Waals surface area contributed by atoms with Crippen molar-refractivity contribution in [3.05, 3.63) is 47.5 Å². The summed E-state index contributed by atoms with van der Waals surface area (Å²) in [6, 6.07) is 9.47. The minimum Gasteiger partial charge on any atom is -0.493 e. The number of benzene rings is 1. The molecule has 0 bridgehead atoms. The van der Waals surface area contributed by atoms with Crippen molar-refractivity contribution < 1.29 is 32.5 Å². The zero-order valence-corrected chi connectivity index (χ0v) is 17.3. The first-order valence-corrected chi connectivity index (χ1v) is 9.93. The lowest BCUT2D eigenvalue weighted by Gasteiger charge is -2.19. The lowest BCUT2D eigenvalue weighted by atomic mass is 9.94. The number of likely N-dealkylation sites (tertiary alicyclic amines) is 1. The number of aliphatic carboxylic acids is 1. The second-order valence-electron chi connectivity index (χ2n) is 7.72. The van der Waals surface area contributed by atoms with Crippen LogP contribution in [0.25, 0.3) is 0 Å². The highest BCUT2D eigenvalue weighted by atomic mass is 19.4. The van der Waals surface area contributed by atoms with Crippen molar-refractivity contribution >= 4 is 5.97 Å². The fraction of sp³-hybridized carbons (Fsp3) is 0.476. The monoisotopic (exact) mass is 452 g/mol. The highest BCUT2D eigenvalue weighted by Crippen LogP contribution is 2.34. The molecule has 3 atom stereocenters. The van der Waals surface area contributed by atoms with Gasteiger partial charge >= 0.3 is 12.1 Å². The van der Waals surface area contributed by atoms with Crippen molar-refractivity contribution in [3.63, 3.8) is 0 Å². The van der Waals surface area contributed by atoms with Crippen LogP contribution < -0.4 is 4.74 Å². The number of carboxylic acid groups (broad SMARTS) is 1. The normalized spacial score (nSPS) is 22.5. The van der Waals surface area contributed by atoms with Crippen LogP contribution in [0.4, 0.5) is 13.2 Å². The number of carboxylic acids is 1. The van der Waals surface area contributed by atoms with Crippen LogP contribution in [-0.4, -0.2) is 64.5 Å². The van der Waals surface area contributed by atoms with Crippen LogP contribution in [0.15, 0.2) is 30.6 Å². The number of carbonyl (C=O) groups is 1. The number of nitriles is 1. The molecule has 2 aliphatic heterocycles. The van der Waals surface area contributed by atoms with Crippen molar-refractivity contribution in [2.75, 3.05) is 26.3 Å². The van der Waals surface area contributed by atoms with Gasteiger partial charge in [-0.2, -0.15) is 18.4 Å². The van der Waals surface area contributed by atoms with Gasteiger partial charge in [0.05, 0.1) is 43.0 Å². The van der Waals surface area contributed by atoms with Crippen LogP contribution in [0.3, 0.4) is 0 Å². The van der Waals surface area contributed by atoms with Gasteiger partial charge in [0, 0.05) is 37.2 Å². The summed E-state index contributed by atoms with van der Waals surface area (Å²) in [7, 11) is 0. The standard InChI is InChI=1S/C19H22N4O2.C2HF3O2/c1-13-18(22-12-21-13)8-23-7-17-15(11-25-19(17)9-23)10-24-16-4-2-3-14(5-16)6-20;3-2(4,5)1(6)7/h2-5,12,15,17,19H,7-11H2,1H3,(H,21,22);(H,6,7)/t15-,17+,19+;/m0./s1. The molecule has 172 valence electrons. The number of aryl methyl sites for hydroxylation is 1. The molecule has 11 heteroatoms. The molecule has 32 heavy (non-hydrogen) atoms. The van der Waals surface area contributed by atoms with Crippen molar-refractivity contribution in [1.82, 2.24) is 14.9 Å². The number of hydrogen-bond donors (Lipinski definition) is 2. The molecule has 0 saturated carbocycles. The Labute approximate surface area is 182 Å². The maximum absolute atomic E-state index is 10.6. The number of nitrogens with zero attached hydrogens (tertiary/aromatic N) is 3. The molecule has 2 aromatic rings. The molecule has 0 unspecified atom stereocenters. The van der Waals surface area contributed by atoms with Gasteiger partial charge in [0.15, 0.2) is 0 Å². The Balaban J connectivity index is 0.000000360. The summed E-state index contributed by atoms with van der Waals surface area (Å²) < 4.78 is 43.7. The topological polar surface area (TPSA) is 111 Å². The summed E-state index contributed by atoms with van der Waals surface area (Å²) in [6.07, 6.45) is -3.04. The number of imidazole rings is 1.